The second-order valence-electron chi connectivity index (χ2n) is 7.15. The number of rotatable bonds is 8. The molecular formula is C22H27N5O. The number of unbranched alkanes of at least 4 members (excludes halogenated alkanes) is 1. The molecule has 6 nitrogen and oxygen atoms in total. The number of hydrogen-bond acceptors (Lipinski definition) is 4. The largest absolute Gasteiger partial charge is 0.311 e. The molecular weight excluding hydrogens is 350 g/mol. The van der Waals surface area contributed by atoms with Crippen molar-refractivity contribution in [3.8, 4) is 6.07 Å². The van der Waals surface area contributed by atoms with Crippen molar-refractivity contribution in [3.05, 3.63) is 29.8 Å². The van der Waals surface area contributed by atoms with Gasteiger partial charge in [0.05, 0.1) is 11.0 Å². The molecule has 0 aliphatic carbocycles. The van der Waals surface area contributed by atoms with Crippen LogP contribution in [0.2, 0.25) is 0 Å². The van der Waals surface area contributed by atoms with Crippen molar-refractivity contribution in [2.45, 2.75) is 59.4 Å². The lowest BCUT2D eigenvalue weighted by molar-refractivity contribution is -0.115. The molecule has 1 N–H and O–H groups in total. The first kappa shape index (κ1) is 19.8. The quantitative estimate of drug-likeness (QED) is 0.597. The zero-order chi connectivity index (χ0) is 20.1. The summed E-state index contributed by atoms with van der Waals surface area (Å²) in [6.07, 6.45) is 4.80. The molecule has 2 heterocycles. The van der Waals surface area contributed by atoms with E-state index < -0.39 is 0 Å². The van der Waals surface area contributed by atoms with Gasteiger partial charge in [-0.2, -0.15) is 5.26 Å². The van der Waals surface area contributed by atoms with E-state index in [-0.39, 0.29) is 5.91 Å². The molecule has 0 spiro atoms. The fourth-order valence-corrected chi connectivity index (χ4v) is 3.51. The fraction of sp³-hybridized carbons (Fsp3) is 0.455. The molecule has 3 aromatic rings. The summed E-state index contributed by atoms with van der Waals surface area (Å²) in [5, 5.41) is 12.8. The van der Waals surface area contributed by atoms with Gasteiger partial charge in [0.2, 0.25) is 5.91 Å². The number of hydrogen-bond donors (Lipinski definition) is 1. The van der Waals surface area contributed by atoms with Gasteiger partial charge in [0.25, 0.3) is 0 Å². The third kappa shape index (κ3) is 3.84. The highest BCUT2D eigenvalue weighted by molar-refractivity contribution is 5.98. The zero-order valence-electron chi connectivity index (χ0n) is 16.8. The molecule has 1 unspecified atom stereocenters. The Labute approximate surface area is 165 Å². The minimum Gasteiger partial charge on any atom is -0.311 e. The van der Waals surface area contributed by atoms with Crippen molar-refractivity contribution in [1.29, 1.82) is 5.26 Å². The standard InChI is InChI=1S/C22H27N5O/c1-4-7-10-15(5-2)14-27-21(26-19(28)6-3)16(13-23)20-22(27)25-18-12-9-8-11-17(18)24-20/h8-9,11-12,15H,4-7,10,14H2,1-3H3,(H,26,28). The third-order valence-electron chi connectivity index (χ3n) is 5.23. The van der Waals surface area contributed by atoms with Gasteiger partial charge in [-0.3, -0.25) is 4.79 Å². The molecule has 28 heavy (non-hydrogen) atoms. The molecule has 1 aromatic carbocycles. The summed E-state index contributed by atoms with van der Waals surface area (Å²) in [7, 11) is 0. The third-order valence-corrected chi connectivity index (χ3v) is 5.23. The molecule has 1 amide bonds. The lowest BCUT2D eigenvalue weighted by Gasteiger charge is -2.18. The van der Waals surface area contributed by atoms with Crippen molar-refractivity contribution in [1.82, 2.24) is 14.5 Å². The summed E-state index contributed by atoms with van der Waals surface area (Å²) in [6.45, 7) is 6.88. The number of benzene rings is 1. The number of aromatic nitrogens is 3. The molecule has 0 saturated carbocycles. The Hall–Kier alpha value is -2.94. The fourth-order valence-electron chi connectivity index (χ4n) is 3.51. The normalized spacial score (nSPS) is 12.2. The predicted octanol–water partition coefficient (Wildman–Crippen LogP) is 5.02. The first-order valence-corrected chi connectivity index (χ1v) is 10.1. The number of anilines is 1. The molecule has 1 atom stereocenters. The molecule has 146 valence electrons. The first-order valence-electron chi connectivity index (χ1n) is 10.1. The van der Waals surface area contributed by atoms with Crippen molar-refractivity contribution in [3.63, 3.8) is 0 Å². The summed E-state index contributed by atoms with van der Waals surface area (Å²) in [4.78, 5) is 21.7. The maximum absolute atomic E-state index is 12.2. The van der Waals surface area contributed by atoms with Gasteiger partial charge in [0.15, 0.2) is 5.65 Å². The van der Waals surface area contributed by atoms with Gasteiger partial charge in [-0.25, -0.2) is 9.97 Å². The summed E-state index contributed by atoms with van der Waals surface area (Å²) in [6, 6.07) is 9.89. The van der Waals surface area contributed by atoms with Crippen LogP contribution in [0.4, 0.5) is 5.82 Å². The van der Waals surface area contributed by atoms with Crippen molar-refractivity contribution in [2.75, 3.05) is 5.32 Å². The number of nitriles is 1. The summed E-state index contributed by atoms with van der Waals surface area (Å²) < 4.78 is 1.99. The van der Waals surface area contributed by atoms with Crippen LogP contribution in [0.15, 0.2) is 24.3 Å². The predicted molar refractivity (Wildman–Crippen MR) is 112 cm³/mol. The molecule has 0 aliphatic heterocycles. The molecule has 3 rings (SSSR count). The second-order valence-corrected chi connectivity index (χ2v) is 7.15. The molecule has 0 aliphatic rings. The Morgan fingerprint density at radius 3 is 2.54 bits per heavy atom. The molecule has 0 bridgehead atoms. The van der Waals surface area contributed by atoms with Crippen molar-refractivity contribution >= 4 is 33.9 Å². The summed E-state index contributed by atoms with van der Waals surface area (Å²) >= 11 is 0. The lowest BCUT2D eigenvalue weighted by atomic mass is 9.99. The number of amides is 1. The van der Waals surface area contributed by atoms with Gasteiger partial charge in [-0.1, -0.05) is 52.2 Å². The van der Waals surface area contributed by atoms with Crippen LogP contribution in [0.3, 0.4) is 0 Å². The van der Waals surface area contributed by atoms with E-state index in [0.29, 0.717) is 41.4 Å². The molecule has 0 radical (unpaired) electrons. The Balaban J connectivity index is 2.21. The molecule has 6 heteroatoms. The molecule has 0 fully saturated rings. The molecule has 2 aromatic heterocycles. The Kier molecular flexibility index (Phi) is 6.25. The van der Waals surface area contributed by atoms with Crippen LogP contribution in [-0.2, 0) is 11.3 Å². The van der Waals surface area contributed by atoms with E-state index in [0.717, 1.165) is 36.7 Å². The first-order chi connectivity index (χ1) is 13.6. The van der Waals surface area contributed by atoms with Gasteiger partial charge < -0.3 is 9.88 Å². The topological polar surface area (TPSA) is 83.6 Å². The van der Waals surface area contributed by atoms with Crippen LogP contribution in [0.25, 0.3) is 22.2 Å². The Morgan fingerprint density at radius 1 is 1.21 bits per heavy atom. The Morgan fingerprint density at radius 2 is 1.93 bits per heavy atom. The maximum Gasteiger partial charge on any atom is 0.225 e. The number of nitrogens with one attached hydrogen (secondary N) is 1. The smallest absolute Gasteiger partial charge is 0.225 e. The van der Waals surface area contributed by atoms with E-state index in [1.807, 2.05) is 28.8 Å². The minimum absolute atomic E-state index is 0.119. The summed E-state index contributed by atoms with van der Waals surface area (Å²) in [5.74, 6) is 0.856. The number of fused-ring (bicyclic) bond motifs is 2. The molecule has 0 saturated heterocycles. The highest BCUT2D eigenvalue weighted by Crippen LogP contribution is 2.31. The van der Waals surface area contributed by atoms with E-state index in [9.17, 15) is 10.1 Å². The van der Waals surface area contributed by atoms with Gasteiger partial charge in [0, 0.05) is 13.0 Å². The van der Waals surface area contributed by atoms with E-state index in [2.05, 4.69) is 25.2 Å². The number of nitrogens with zero attached hydrogens (tertiary/aromatic N) is 4. The minimum atomic E-state index is -0.119. The van der Waals surface area contributed by atoms with Crippen molar-refractivity contribution < 1.29 is 4.79 Å². The highest BCUT2D eigenvalue weighted by atomic mass is 16.1. The maximum atomic E-state index is 12.2. The van der Waals surface area contributed by atoms with Gasteiger partial charge in [-0.15, -0.1) is 0 Å². The van der Waals surface area contributed by atoms with Gasteiger partial charge >= 0.3 is 0 Å². The monoisotopic (exact) mass is 377 g/mol. The average molecular weight is 377 g/mol. The summed E-state index contributed by atoms with van der Waals surface area (Å²) in [5.41, 5.74) is 3.14. The number of carbonyl (C=O) groups is 1. The second kappa shape index (κ2) is 8.83. The van der Waals surface area contributed by atoms with Crippen LogP contribution < -0.4 is 5.32 Å². The van der Waals surface area contributed by atoms with Crippen LogP contribution in [0.1, 0.15) is 58.4 Å². The van der Waals surface area contributed by atoms with E-state index in [1.165, 1.54) is 0 Å². The van der Waals surface area contributed by atoms with Gasteiger partial charge in [-0.05, 0) is 24.5 Å². The van der Waals surface area contributed by atoms with Gasteiger partial charge in [0.1, 0.15) is 23.0 Å². The lowest BCUT2D eigenvalue weighted by Crippen LogP contribution is -2.18. The SMILES string of the molecule is CCCCC(CC)Cn1c(NC(=O)CC)c(C#N)c2nc3ccccc3nc21. The van der Waals surface area contributed by atoms with Crippen molar-refractivity contribution in [2.24, 2.45) is 5.92 Å². The van der Waals surface area contributed by atoms with Crippen LogP contribution in [0.5, 0.6) is 0 Å². The van der Waals surface area contributed by atoms with E-state index >= 15 is 0 Å². The highest BCUT2D eigenvalue weighted by Gasteiger charge is 2.23. The zero-order valence-corrected chi connectivity index (χ0v) is 16.8. The number of para-hydroxylation sites is 2. The van der Waals surface area contributed by atoms with E-state index in [4.69, 9.17) is 9.97 Å². The van der Waals surface area contributed by atoms with Crippen LogP contribution in [0, 0.1) is 17.2 Å². The Bertz CT molecular complexity index is 1030. The average Bonchev–Trinajstić information content (AvgIpc) is 3.00. The van der Waals surface area contributed by atoms with Crippen LogP contribution in [-0.4, -0.2) is 20.4 Å². The van der Waals surface area contributed by atoms with Crippen LogP contribution >= 0.6 is 0 Å². The van der Waals surface area contributed by atoms with E-state index in [1.54, 1.807) is 6.92 Å². The number of carbonyl (C=O) groups excluding carboxylic acids is 1.